The predicted molar refractivity (Wildman–Crippen MR) is 72.5 cm³/mol. The summed E-state index contributed by atoms with van der Waals surface area (Å²) in [5, 5.41) is 0.576. The lowest BCUT2D eigenvalue weighted by molar-refractivity contribution is 0.303. The second-order valence-corrected chi connectivity index (χ2v) is 4.38. The summed E-state index contributed by atoms with van der Waals surface area (Å²) in [4.78, 5) is 4.02. The van der Waals surface area contributed by atoms with Crippen LogP contribution in [0.5, 0.6) is 5.75 Å². The summed E-state index contributed by atoms with van der Waals surface area (Å²) in [6, 6.07) is 8.79. The number of nitrogens with zero attached hydrogens (tertiary/aromatic N) is 1. The number of hydrogen-bond acceptors (Lipinski definition) is 2. The minimum Gasteiger partial charge on any atom is -0.490 e. The van der Waals surface area contributed by atoms with Crippen LogP contribution in [0.3, 0.4) is 0 Å². The Bertz CT molecular complexity index is 504. The molecular weight excluding hydrogens is 297 g/mol. The van der Waals surface area contributed by atoms with Crippen molar-refractivity contribution >= 4 is 15.9 Å². The SMILES string of the molecule is Fc1cccc(CBr)c1OCCc1cccnc1. The van der Waals surface area contributed by atoms with Gasteiger partial charge in [0.25, 0.3) is 0 Å². The molecule has 0 aliphatic heterocycles. The zero-order valence-electron chi connectivity index (χ0n) is 9.77. The molecule has 0 amide bonds. The molecule has 2 nitrogen and oxygen atoms in total. The molecule has 0 N–H and O–H groups in total. The molecule has 0 fully saturated rings. The average molecular weight is 310 g/mol. The van der Waals surface area contributed by atoms with Gasteiger partial charge in [0.2, 0.25) is 0 Å². The van der Waals surface area contributed by atoms with Gasteiger partial charge in [0, 0.05) is 29.7 Å². The van der Waals surface area contributed by atoms with E-state index in [9.17, 15) is 4.39 Å². The topological polar surface area (TPSA) is 22.1 Å². The van der Waals surface area contributed by atoms with Gasteiger partial charge in [0.15, 0.2) is 11.6 Å². The van der Waals surface area contributed by atoms with Gasteiger partial charge in [-0.2, -0.15) is 0 Å². The Hall–Kier alpha value is -1.42. The zero-order valence-corrected chi connectivity index (χ0v) is 11.4. The molecule has 0 aliphatic carbocycles. The first kappa shape index (κ1) is 13.0. The summed E-state index contributed by atoms with van der Waals surface area (Å²) >= 11 is 3.32. The summed E-state index contributed by atoms with van der Waals surface area (Å²) < 4.78 is 19.1. The van der Waals surface area contributed by atoms with Crippen LogP contribution in [0.1, 0.15) is 11.1 Å². The molecule has 0 radical (unpaired) electrons. The molecule has 0 unspecified atom stereocenters. The Morgan fingerprint density at radius 1 is 1.22 bits per heavy atom. The third kappa shape index (κ3) is 3.29. The molecule has 0 atom stereocenters. The smallest absolute Gasteiger partial charge is 0.165 e. The maximum Gasteiger partial charge on any atom is 0.165 e. The van der Waals surface area contributed by atoms with Crippen LogP contribution in [0.2, 0.25) is 0 Å². The van der Waals surface area contributed by atoms with Crippen molar-refractivity contribution < 1.29 is 9.13 Å². The van der Waals surface area contributed by atoms with E-state index in [-0.39, 0.29) is 5.82 Å². The number of alkyl halides is 1. The molecule has 1 aromatic carbocycles. The highest BCUT2D eigenvalue weighted by molar-refractivity contribution is 9.08. The number of para-hydroxylation sites is 1. The summed E-state index contributed by atoms with van der Waals surface area (Å²) in [6.45, 7) is 0.437. The molecule has 0 saturated heterocycles. The molecule has 2 aromatic rings. The van der Waals surface area contributed by atoms with E-state index >= 15 is 0 Å². The van der Waals surface area contributed by atoms with Crippen molar-refractivity contribution in [3.8, 4) is 5.75 Å². The Balaban J connectivity index is 1.98. The van der Waals surface area contributed by atoms with Crippen LogP contribution >= 0.6 is 15.9 Å². The first-order valence-electron chi connectivity index (χ1n) is 5.66. The van der Waals surface area contributed by atoms with Crippen LogP contribution in [0.25, 0.3) is 0 Å². The van der Waals surface area contributed by atoms with Crippen molar-refractivity contribution in [3.63, 3.8) is 0 Å². The highest BCUT2D eigenvalue weighted by Crippen LogP contribution is 2.24. The van der Waals surface area contributed by atoms with Crippen molar-refractivity contribution in [2.75, 3.05) is 6.61 Å². The fourth-order valence-corrected chi connectivity index (χ4v) is 2.08. The number of rotatable bonds is 5. The van der Waals surface area contributed by atoms with E-state index in [1.165, 1.54) is 6.07 Å². The minimum atomic E-state index is -0.321. The first-order chi connectivity index (χ1) is 8.81. The summed E-state index contributed by atoms with van der Waals surface area (Å²) in [6.07, 6.45) is 4.23. The highest BCUT2D eigenvalue weighted by Gasteiger charge is 2.08. The van der Waals surface area contributed by atoms with Gasteiger partial charge in [-0.25, -0.2) is 4.39 Å². The standard InChI is InChI=1S/C14H13BrFNO/c15-9-12-4-1-5-13(16)14(12)18-8-6-11-3-2-7-17-10-11/h1-5,7,10H,6,8-9H2. The molecule has 0 aliphatic rings. The number of hydrogen-bond donors (Lipinski definition) is 0. The third-order valence-corrected chi connectivity index (χ3v) is 3.16. The van der Waals surface area contributed by atoms with E-state index in [0.29, 0.717) is 24.1 Å². The van der Waals surface area contributed by atoms with E-state index in [0.717, 1.165) is 11.1 Å². The normalized spacial score (nSPS) is 10.3. The quantitative estimate of drug-likeness (QED) is 0.785. The van der Waals surface area contributed by atoms with Gasteiger partial charge in [-0.3, -0.25) is 4.98 Å². The van der Waals surface area contributed by atoms with E-state index in [1.807, 2.05) is 18.2 Å². The van der Waals surface area contributed by atoms with Crippen LogP contribution in [-0.2, 0) is 11.8 Å². The van der Waals surface area contributed by atoms with Crippen molar-refractivity contribution in [2.24, 2.45) is 0 Å². The molecule has 4 heteroatoms. The maximum absolute atomic E-state index is 13.6. The summed E-state index contributed by atoms with van der Waals surface area (Å²) in [5.41, 5.74) is 1.90. The molecule has 2 rings (SSSR count). The van der Waals surface area contributed by atoms with Crippen molar-refractivity contribution in [1.29, 1.82) is 0 Å². The van der Waals surface area contributed by atoms with Gasteiger partial charge >= 0.3 is 0 Å². The van der Waals surface area contributed by atoms with Crippen LogP contribution in [-0.4, -0.2) is 11.6 Å². The average Bonchev–Trinajstić information content (AvgIpc) is 2.41. The minimum absolute atomic E-state index is 0.321. The van der Waals surface area contributed by atoms with Gasteiger partial charge in [0.1, 0.15) is 0 Å². The van der Waals surface area contributed by atoms with Gasteiger partial charge in [-0.05, 0) is 17.7 Å². The molecule has 1 heterocycles. The van der Waals surface area contributed by atoms with E-state index in [2.05, 4.69) is 20.9 Å². The lowest BCUT2D eigenvalue weighted by Crippen LogP contribution is -2.04. The molecule has 0 saturated carbocycles. The molecule has 0 bridgehead atoms. The Labute approximate surface area is 114 Å². The van der Waals surface area contributed by atoms with Gasteiger partial charge in [-0.15, -0.1) is 0 Å². The van der Waals surface area contributed by atoms with E-state index in [4.69, 9.17) is 4.74 Å². The number of ether oxygens (including phenoxy) is 1. The fourth-order valence-electron chi connectivity index (χ4n) is 1.64. The lowest BCUT2D eigenvalue weighted by atomic mass is 10.2. The first-order valence-corrected chi connectivity index (χ1v) is 6.78. The maximum atomic E-state index is 13.6. The van der Waals surface area contributed by atoms with Crippen LogP contribution < -0.4 is 4.74 Å². The van der Waals surface area contributed by atoms with Crippen molar-refractivity contribution in [1.82, 2.24) is 4.98 Å². The largest absolute Gasteiger partial charge is 0.490 e. The lowest BCUT2D eigenvalue weighted by Gasteiger charge is -2.10. The van der Waals surface area contributed by atoms with Gasteiger partial charge in [-0.1, -0.05) is 34.1 Å². The van der Waals surface area contributed by atoms with E-state index in [1.54, 1.807) is 18.5 Å². The highest BCUT2D eigenvalue weighted by atomic mass is 79.9. The van der Waals surface area contributed by atoms with E-state index < -0.39 is 0 Å². The molecule has 94 valence electrons. The number of benzene rings is 1. The van der Waals surface area contributed by atoms with Crippen LogP contribution in [0.15, 0.2) is 42.7 Å². The van der Waals surface area contributed by atoms with Crippen LogP contribution in [0.4, 0.5) is 4.39 Å². The molecule has 18 heavy (non-hydrogen) atoms. The number of halogens is 2. The third-order valence-electron chi connectivity index (χ3n) is 2.55. The van der Waals surface area contributed by atoms with Gasteiger partial charge in [0.05, 0.1) is 6.61 Å². The monoisotopic (exact) mass is 309 g/mol. The van der Waals surface area contributed by atoms with Crippen molar-refractivity contribution in [3.05, 3.63) is 59.7 Å². The number of aromatic nitrogens is 1. The predicted octanol–water partition coefficient (Wildman–Crippen LogP) is 3.74. The summed E-state index contributed by atoms with van der Waals surface area (Å²) in [5.74, 6) is 0.0106. The van der Waals surface area contributed by atoms with Crippen LogP contribution in [0, 0.1) is 5.82 Å². The van der Waals surface area contributed by atoms with Crippen molar-refractivity contribution in [2.45, 2.75) is 11.8 Å². The second-order valence-electron chi connectivity index (χ2n) is 3.82. The number of pyridine rings is 1. The molecular formula is C14H13BrFNO. The Morgan fingerprint density at radius 3 is 2.83 bits per heavy atom. The summed E-state index contributed by atoms with van der Waals surface area (Å²) in [7, 11) is 0. The second kappa shape index (κ2) is 6.50. The fraction of sp³-hybridized carbons (Fsp3) is 0.214. The molecule has 1 aromatic heterocycles. The Kier molecular flexibility index (Phi) is 4.70. The molecule has 0 spiro atoms. The zero-order chi connectivity index (χ0) is 12.8. The van der Waals surface area contributed by atoms with Gasteiger partial charge < -0.3 is 4.74 Å². The Morgan fingerprint density at radius 2 is 2.11 bits per heavy atom.